The first-order valence-electron chi connectivity index (χ1n) is 10.3. The summed E-state index contributed by atoms with van der Waals surface area (Å²) in [6, 6.07) is 18.0. The Bertz CT molecular complexity index is 1010. The number of nitrogens with one attached hydrogen (secondary N) is 1. The highest BCUT2D eigenvalue weighted by Gasteiger charge is 2.34. The third-order valence-electron chi connectivity index (χ3n) is 5.55. The van der Waals surface area contributed by atoms with Crippen LogP contribution in [-0.2, 0) is 30.7 Å². The molecule has 4 rings (SSSR count). The summed E-state index contributed by atoms with van der Waals surface area (Å²) in [4.78, 5) is 31.2. The van der Waals surface area contributed by atoms with Crippen molar-refractivity contribution >= 4 is 11.9 Å². The fraction of sp³-hybridized carbons (Fsp3) is 0.292. The fourth-order valence-electron chi connectivity index (χ4n) is 3.76. The summed E-state index contributed by atoms with van der Waals surface area (Å²) in [5.74, 6) is 0.306. The molecule has 0 spiro atoms. The number of carbonyl (C=O) groups is 2. The number of urea groups is 1. The first-order valence-corrected chi connectivity index (χ1v) is 10.3. The first kappa shape index (κ1) is 19.9. The van der Waals surface area contributed by atoms with Gasteiger partial charge in [-0.1, -0.05) is 60.2 Å². The highest BCUT2D eigenvalue weighted by atomic mass is 16.2. The molecule has 6 nitrogen and oxygen atoms in total. The van der Waals surface area contributed by atoms with Crippen LogP contribution < -0.4 is 5.32 Å². The minimum Gasteiger partial charge on any atom is -0.337 e. The van der Waals surface area contributed by atoms with Gasteiger partial charge < -0.3 is 9.88 Å². The van der Waals surface area contributed by atoms with Crippen LogP contribution >= 0.6 is 0 Å². The van der Waals surface area contributed by atoms with Crippen molar-refractivity contribution in [1.29, 1.82) is 0 Å². The monoisotopic (exact) mass is 402 g/mol. The first-order chi connectivity index (χ1) is 14.6. The number of nitrogens with zero attached hydrogens (tertiary/aromatic N) is 3. The van der Waals surface area contributed by atoms with Gasteiger partial charge in [0.1, 0.15) is 5.82 Å². The molecule has 1 aliphatic heterocycles. The molecule has 1 N–H and O–H groups in total. The van der Waals surface area contributed by atoms with Crippen LogP contribution in [-0.4, -0.2) is 32.9 Å². The Morgan fingerprint density at radius 2 is 1.80 bits per heavy atom. The van der Waals surface area contributed by atoms with Crippen molar-refractivity contribution < 1.29 is 9.59 Å². The molecular formula is C24H26N4O2. The predicted molar refractivity (Wildman–Crippen MR) is 115 cm³/mol. The summed E-state index contributed by atoms with van der Waals surface area (Å²) < 4.78 is 2.01. The van der Waals surface area contributed by atoms with Gasteiger partial charge in [0.2, 0.25) is 5.91 Å². The van der Waals surface area contributed by atoms with E-state index in [1.807, 2.05) is 60.2 Å². The number of amides is 3. The van der Waals surface area contributed by atoms with E-state index in [0.717, 1.165) is 18.5 Å². The molecule has 0 saturated carbocycles. The smallest absolute Gasteiger partial charge is 0.324 e. The van der Waals surface area contributed by atoms with E-state index in [1.54, 1.807) is 6.20 Å². The average Bonchev–Trinajstić information content (AvgIpc) is 3.21. The molecule has 6 heteroatoms. The van der Waals surface area contributed by atoms with Gasteiger partial charge in [0, 0.05) is 25.5 Å². The highest BCUT2D eigenvalue weighted by Crippen LogP contribution is 2.18. The molecule has 1 aliphatic rings. The van der Waals surface area contributed by atoms with Crippen LogP contribution in [0.5, 0.6) is 0 Å². The normalized spacial score (nSPS) is 16.6. The number of imide groups is 1. The molecule has 2 aromatic carbocycles. The molecule has 0 bridgehead atoms. The number of aromatic nitrogens is 2. The summed E-state index contributed by atoms with van der Waals surface area (Å²) in [7, 11) is 0. The van der Waals surface area contributed by atoms with E-state index in [9.17, 15) is 9.59 Å². The molecule has 1 atom stereocenters. The molecule has 0 aliphatic carbocycles. The van der Waals surface area contributed by atoms with E-state index in [0.29, 0.717) is 18.8 Å². The SMILES string of the molecule is Cc1ccc(CC2CNC(=O)N(Cc3nccn3CCc3ccccc3)C2=O)cc1. The van der Waals surface area contributed by atoms with Gasteiger partial charge in [-0.3, -0.25) is 9.69 Å². The highest BCUT2D eigenvalue weighted by molar-refractivity contribution is 5.98. The van der Waals surface area contributed by atoms with E-state index in [-0.39, 0.29) is 24.4 Å². The van der Waals surface area contributed by atoms with Crippen LogP contribution in [0.25, 0.3) is 0 Å². The zero-order chi connectivity index (χ0) is 20.9. The Hall–Kier alpha value is -3.41. The molecule has 1 unspecified atom stereocenters. The van der Waals surface area contributed by atoms with Crippen molar-refractivity contribution in [2.45, 2.75) is 32.9 Å². The summed E-state index contributed by atoms with van der Waals surface area (Å²) in [6.45, 7) is 3.33. The van der Waals surface area contributed by atoms with E-state index < -0.39 is 0 Å². The maximum atomic E-state index is 13.1. The number of benzene rings is 2. The van der Waals surface area contributed by atoms with Crippen molar-refractivity contribution in [2.24, 2.45) is 5.92 Å². The topological polar surface area (TPSA) is 67.2 Å². The Morgan fingerprint density at radius 1 is 1.03 bits per heavy atom. The lowest BCUT2D eigenvalue weighted by Crippen LogP contribution is -2.55. The molecule has 3 amide bonds. The van der Waals surface area contributed by atoms with Crippen molar-refractivity contribution in [3.8, 4) is 0 Å². The number of rotatable bonds is 7. The molecule has 154 valence electrons. The summed E-state index contributed by atoms with van der Waals surface area (Å²) >= 11 is 0. The largest absolute Gasteiger partial charge is 0.337 e. The van der Waals surface area contributed by atoms with Gasteiger partial charge in [-0.2, -0.15) is 0 Å². The van der Waals surface area contributed by atoms with Gasteiger partial charge >= 0.3 is 6.03 Å². The minimum absolute atomic E-state index is 0.142. The molecular weight excluding hydrogens is 376 g/mol. The zero-order valence-electron chi connectivity index (χ0n) is 17.1. The number of hydrogen-bond donors (Lipinski definition) is 1. The van der Waals surface area contributed by atoms with Crippen molar-refractivity contribution in [3.63, 3.8) is 0 Å². The predicted octanol–water partition coefficient (Wildman–Crippen LogP) is 3.34. The third-order valence-corrected chi connectivity index (χ3v) is 5.55. The lowest BCUT2D eigenvalue weighted by Gasteiger charge is -2.31. The molecule has 30 heavy (non-hydrogen) atoms. The fourth-order valence-corrected chi connectivity index (χ4v) is 3.76. The Morgan fingerprint density at radius 3 is 2.57 bits per heavy atom. The van der Waals surface area contributed by atoms with Gasteiger partial charge in [-0.25, -0.2) is 9.78 Å². The summed E-state index contributed by atoms with van der Waals surface area (Å²) in [6.07, 6.45) is 5.09. The van der Waals surface area contributed by atoms with E-state index in [1.165, 1.54) is 16.0 Å². The van der Waals surface area contributed by atoms with Crippen LogP contribution in [0.1, 0.15) is 22.5 Å². The maximum Gasteiger partial charge on any atom is 0.324 e. The van der Waals surface area contributed by atoms with Crippen LogP contribution in [0.2, 0.25) is 0 Å². The molecule has 0 radical (unpaired) electrons. The van der Waals surface area contributed by atoms with Gasteiger partial charge in [0.15, 0.2) is 0 Å². The average molecular weight is 402 g/mol. The maximum absolute atomic E-state index is 13.1. The van der Waals surface area contributed by atoms with Gasteiger partial charge in [-0.05, 0) is 30.9 Å². The molecule has 1 aromatic heterocycles. The third kappa shape index (κ3) is 4.59. The van der Waals surface area contributed by atoms with Gasteiger partial charge in [0.25, 0.3) is 0 Å². The van der Waals surface area contributed by atoms with Crippen molar-refractivity contribution in [3.05, 3.63) is 89.5 Å². The van der Waals surface area contributed by atoms with Gasteiger partial charge in [0.05, 0.1) is 12.5 Å². The van der Waals surface area contributed by atoms with Crippen LogP contribution in [0.3, 0.4) is 0 Å². The van der Waals surface area contributed by atoms with Crippen molar-refractivity contribution in [1.82, 2.24) is 19.8 Å². The van der Waals surface area contributed by atoms with Crippen LogP contribution in [0.4, 0.5) is 4.79 Å². The van der Waals surface area contributed by atoms with E-state index >= 15 is 0 Å². The lowest BCUT2D eigenvalue weighted by atomic mass is 9.96. The van der Waals surface area contributed by atoms with Crippen LogP contribution in [0, 0.1) is 12.8 Å². The second-order valence-corrected chi connectivity index (χ2v) is 7.77. The van der Waals surface area contributed by atoms with E-state index in [4.69, 9.17) is 0 Å². The Labute approximate surface area is 176 Å². The summed E-state index contributed by atoms with van der Waals surface area (Å²) in [5.41, 5.74) is 3.52. The number of imidazole rings is 1. The zero-order valence-corrected chi connectivity index (χ0v) is 17.1. The lowest BCUT2D eigenvalue weighted by molar-refractivity contribution is -0.134. The molecule has 1 saturated heterocycles. The van der Waals surface area contributed by atoms with Gasteiger partial charge in [-0.15, -0.1) is 0 Å². The Kier molecular flexibility index (Phi) is 5.93. The number of carbonyl (C=O) groups excluding carboxylic acids is 2. The minimum atomic E-state index is -0.349. The number of hydrogen-bond acceptors (Lipinski definition) is 3. The second-order valence-electron chi connectivity index (χ2n) is 7.77. The van der Waals surface area contributed by atoms with E-state index in [2.05, 4.69) is 22.4 Å². The Balaban J connectivity index is 1.43. The quantitative estimate of drug-likeness (QED) is 0.659. The standard InChI is InChI=1S/C24H26N4O2/c1-18-7-9-20(10-8-18)15-21-16-26-24(30)28(23(21)29)17-22-25-12-14-27(22)13-11-19-5-3-2-4-6-19/h2-10,12,14,21H,11,13,15-17H2,1H3,(H,26,30). The van der Waals surface area contributed by atoms with Crippen LogP contribution in [0.15, 0.2) is 67.0 Å². The number of aryl methyl sites for hydroxylation is 3. The molecule has 2 heterocycles. The molecule has 1 fully saturated rings. The van der Waals surface area contributed by atoms with Crippen molar-refractivity contribution in [2.75, 3.05) is 6.54 Å². The second kappa shape index (κ2) is 8.95. The molecule has 3 aromatic rings. The summed E-state index contributed by atoms with van der Waals surface area (Å²) in [5, 5.41) is 2.86.